The molecule has 252 valence electrons. The van der Waals surface area contributed by atoms with Crippen molar-refractivity contribution >= 4 is 46.5 Å². The van der Waals surface area contributed by atoms with E-state index in [4.69, 9.17) is 4.98 Å². The quantitative estimate of drug-likeness (QED) is 0.186. The normalized spacial score (nSPS) is 17.3. The molecular weight excluding hydrogens is 669 g/mol. The lowest BCUT2D eigenvalue weighted by Crippen LogP contribution is -2.27. The van der Waals surface area contributed by atoms with Gasteiger partial charge in [-0.1, -0.05) is 103 Å². The van der Waals surface area contributed by atoms with E-state index >= 15 is 0 Å². The number of aliphatic hydroxyl groups is 1. The van der Waals surface area contributed by atoms with Crippen LogP contribution in [0.4, 0.5) is 17.2 Å². The smallest absolute Gasteiger partial charge is 0.192 e. The monoisotopic (exact) mass is 700 g/mol. The van der Waals surface area contributed by atoms with Crippen LogP contribution in [-0.2, 0) is 11.8 Å². The van der Waals surface area contributed by atoms with E-state index in [1.165, 1.54) is 27.8 Å². The van der Waals surface area contributed by atoms with Gasteiger partial charge in [0.05, 0.1) is 11.1 Å². The van der Waals surface area contributed by atoms with Gasteiger partial charge in [-0.05, 0) is 112 Å². The molecule has 0 bridgehead atoms. The van der Waals surface area contributed by atoms with Gasteiger partial charge in [0.15, 0.2) is 5.78 Å². The van der Waals surface area contributed by atoms with E-state index in [2.05, 4.69) is 132 Å². The van der Waals surface area contributed by atoms with Gasteiger partial charge in [0.25, 0.3) is 0 Å². The zero-order valence-electron chi connectivity index (χ0n) is 28.7. The van der Waals surface area contributed by atoms with Crippen molar-refractivity contribution in [1.82, 2.24) is 4.98 Å². The molecular formula is C48H32N2O2S. The molecule has 11 rings (SSSR count). The number of aryl methyl sites for hydroxylation is 1. The number of para-hydroxylation sites is 2. The third kappa shape index (κ3) is 4.26. The number of ketones is 1. The lowest BCUT2D eigenvalue weighted by atomic mass is 9.73. The second-order valence-electron chi connectivity index (χ2n) is 14.2. The lowest BCUT2D eigenvalue weighted by molar-refractivity contribution is 0.102. The third-order valence-electron chi connectivity index (χ3n) is 11.4. The number of aliphatic hydroxyl groups excluding tert-OH is 1. The number of hydrogen-bond donors (Lipinski definition) is 1. The van der Waals surface area contributed by atoms with Gasteiger partial charge in [0.2, 0.25) is 0 Å². The first-order valence-electron chi connectivity index (χ1n) is 18.1. The third-order valence-corrected chi connectivity index (χ3v) is 12.5. The van der Waals surface area contributed by atoms with Crippen LogP contribution in [-0.4, -0.2) is 15.9 Å². The van der Waals surface area contributed by atoms with Crippen molar-refractivity contribution in [2.75, 3.05) is 4.90 Å². The van der Waals surface area contributed by atoms with Crippen LogP contribution in [0.3, 0.4) is 0 Å². The summed E-state index contributed by atoms with van der Waals surface area (Å²) in [6, 6.07) is 48.9. The van der Waals surface area contributed by atoms with Crippen LogP contribution in [0.1, 0.15) is 66.8 Å². The van der Waals surface area contributed by atoms with Gasteiger partial charge in [-0.15, -0.1) is 11.3 Å². The molecule has 0 aliphatic heterocycles. The van der Waals surface area contributed by atoms with Gasteiger partial charge >= 0.3 is 0 Å². The minimum Gasteiger partial charge on any atom is -0.383 e. The van der Waals surface area contributed by atoms with Crippen molar-refractivity contribution in [3.63, 3.8) is 0 Å². The molecule has 1 N–H and O–H groups in total. The summed E-state index contributed by atoms with van der Waals surface area (Å²) in [7, 11) is 0. The maximum atomic E-state index is 13.9. The first kappa shape index (κ1) is 30.5. The molecule has 2 heterocycles. The molecule has 4 aliphatic carbocycles. The number of aromatic nitrogens is 1. The molecule has 53 heavy (non-hydrogen) atoms. The summed E-state index contributed by atoms with van der Waals surface area (Å²) in [5.74, 6) is 0.748. The number of allylic oxidation sites excluding steroid dienone is 1. The van der Waals surface area contributed by atoms with Crippen LogP contribution in [0.5, 0.6) is 0 Å². The van der Waals surface area contributed by atoms with Crippen molar-refractivity contribution < 1.29 is 9.90 Å². The summed E-state index contributed by atoms with van der Waals surface area (Å²) in [5, 5.41) is 11.6. The minimum atomic E-state index is -0.953. The number of anilines is 3. The van der Waals surface area contributed by atoms with E-state index in [9.17, 15) is 9.90 Å². The van der Waals surface area contributed by atoms with Gasteiger partial charge in [0.1, 0.15) is 11.9 Å². The van der Waals surface area contributed by atoms with Gasteiger partial charge in [-0.3, -0.25) is 9.69 Å². The largest absolute Gasteiger partial charge is 0.383 e. The summed E-state index contributed by atoms with van der Waals surface area (Å²) in [4.78, 5) is 23.9. The maximum Gasteiger partial charge on any atom is 0.192 e. The average Bonchev–Trinajstić information content (AvgIpc) is 3.90. The number of hydrogen-bond acceptors (Lipinski definition) is 5. The highest BCUT2D eigenvalue weighted by molar-refractivity contribution is 7.16. The summed E-state index contributed by atoms with van der Waals surface area (Å²) >= 11 is 1.67. The van der Waals surface area contributed by atoms with Crippen LogP contribution in [0, 0.1) is 0 Å². The van der Waals surface area contributed by atoms with Gasteiger partial charge in [-0.2, -0.15) is 0 Å². The van der Waals surface area contributed by atoms with Crippen LogP contribution in [0.15, 0.2) is 151 Å². The van der Waals surface area contributed by atoms with Crippen LogP contribution >= 0.6 is 11.3 Å². The molecule has 0 amide bonds. The van der Waals surface area contributed by atoms with Gasteiger partial charge in [-0.25, -0.2) is 4.98 Å². The minimum absolute atomic E-state index is 0.0947. The van der Waals surface area contributed by atoms with Crippen molar-refractivity contribution in [1.29, 1.82) is 0 Å². The molecule has 7 aromatic rings. The first-order valence-corrected chi connectivity index (χ1v) is 19.0. The predicted octanol–water partition coefficient (Wildman–Crippen LogP) is 11.2. The number of rotatable bonds is 4. The zero-order valence-corrected chi connectivity index (χ0v) is 29.5. The second kappa shape index (κ2) is 11.4. The molecule has 1 spiro atoms. The van der Waals surface area contributed by atoms with E-state index in [1.54, 1.807) is 11.3 Å². The molecule has 1 atom stereocenters. The van der Waals surface area contributed by atoms with Crippen molar-refractivity contribution in [2.45, 2.75) is 24.4 Å². The number of carbonyl (C=O) groups excluding carboxylic acids is 1. The topological polar surface area (TPSA) is 53.4 Å². The number of fused-ring (bicyclic) bond motifs is 12. The number of benzene rings is 5. The van der Waals surface area contributed by atoms with E-state index in [-0.39, 0.29) is 5.78 Å². The summed E-state index contributed by atoms with van der Waals surface area (Å²) < 4.78 is 0. The highest BCUT2D eigenvalue weighted by Crippen LogP contribution is 2.64. The number of nitrogens with zero attached hydrogens (tertiary/aromatic N) is 2. The summed E-state index contributed by atoms with van der Waals surface area (Å²) in [6.45, 7) is 0. The molecule has 0 saturated carbocycles. The Morgan fingerprint density at radius 3 is 2.08 bits per heavy atom. The predicted molar refractivity (Wildman–Crippen MR) is 214 cm³/mol. The van der Waals surface area contributed by atoms with Gasteiger partial charge in [0, 0.05) is 37.8 Å². The molecule has 0 radical (unpaired) electrons. The standard InChI is InChI=1S/C48H32N2O2S/c51-44-37-25-29-13-7-8-14-30(29)26-38(37)45(52)39(44)27-33-28-42-46(53-33)36-23-24-43(50(31-15-3-1-4-16-31)32-17-5-2-6-18-32)49-47(36)48(42)40-21-11-9-19-34(40)35-20-10-12-22-41(35)48/h1-7,9-13,15-28,45,52H,8,14H2/b39-27-. The second-order valence-corrected chi connectivity index (χ2v) is 15.3. The molecule has 0 fully saturated rings. The average molecular weight is 701 g/mol. The van der Waals surface area contributed by atoms with Gasteiger partial charge < -0.3 is 5.11 Å². The SMILES string of the molecule is O=C1/C(=C/c2cc3c(s2)-c2ccc(N(c4ccccc4)c4ccccc4)nc2C32c3ccccc3-c3ccccc32)C(O)c2cc3c(cc21)C=CCC3. The highest BCUT2D eigenvalue weighted by Gasteiger charge is 2.54. The Morgan fingerprint density at radius 2 is 1.38 bits per heavy atom. The Morgan fingerprint density at radius 1 is 0.717 bits per heavy atom. The van der Waals surface area contributed by atoms with E-state index in [0.717, 1.165) is 67.7 Å². The fourth-order valence-electron chi connectivity index (χ4n) is 9.15. The van der Waals surface area contributed by atoms with Crippen LogP contribution in [0.2, 0.25) is 0 Å². The molecule has 1 unspecified atom stereocenters. The summed E-state index contributed by atoms with van der Waals surface area (Å²) in [6.07, 6.45) is 7.12. The first-order chi connectivity index (χ1) is 26.1. The fraction of sp³-hybridized carbons (Fsp3) is 0.0833. The molecule has 4 nitrogen and oxygen atoms in total. The number of carbonyl (C=O) groups is 1. The highest BCUT2D eigenvalue weighted by atomic mass is 32.1. The molecule has 4 aliphatic rings. The Hall–Kier alpha value is -6.14. The molecule has 2 aromatic heterocycles. The number of thiophene rings is 1. The number of Topliss-reactive ketones (excluding diaryl/α,β-unsaturated/α-hetero) is 1. The van der Waals surface area contributed by atoms with Crippen molar-refractivity contribution in [3.05, 3.63) is 201 Å². The Balaban J connectivity index is 1.12. The fourth-order valence-corrected chi connectivity index (χ4v) is 10.3. The molecule has 5 heteroatoms. The lowest BCUT2D eigenvalue weighted by Gasteiger charge is -2.30. The summed E-state index contributed by atoms with van der Waals surface area (Å²) in [5.41, 5.74) is 13.5. The molecule has 5 aromatic carbocycles. The number of pyridine rings is 1. The Kier molecular flexibility index (Phi) is 6.57. The maximum absolute atomic E-state index is 13.9. The Labute approximate surface area is 311 Å². The van der Waals surface area contributed by atoms with E-state index < -0.39 is 11.5 Å². The van der Waals surface area contributed by atoms with Crippen molar-refractivity contribution in [3.8, 4) is 21.6 Å². The van der Waals surface area contributed by atoms with Crippen molar-refractivity contribution in [2.24, 2.45) is 0 Å². The Bertz CT molecular complexity index is 2640. The van der Waals surface area contributed by atoms with Crippen LogP contribution in [0.25, 0.3) is 33.7 Å². The van der Waals surface area contributed by atoms with E-state index in [0.29, 0.717) is 11.1 Å². The zero-order chi connectivity index (χ0) is 35.3. The van der Waals surface area contributed by atoms with E-state index in [1.807, 2.05) is 30.3 Å². The van der Waals surface area contributed by atoms with Crippen LogP contribution < -0.4 is 4.90 Å². The molecule has 0 saturated heterocycles.